The van der Waals surface area contributed by atoms with E-state index in [1.165, 1.54) is 0 Å². The first-order chi connectivity index (χ1) is 11.6. The molecule has 3 rings (SSSR count). The smallest absolute Gasteiger partial charge is 0.330 e. The summed E-state index contributed by atoms with van der Waals surface area (Å²) in [6, 6.07) is 8.79. The second-order valence-corrected chi connectivity index (χ2v) is 5.88. The van der Waals surface area contributed by atoms with E-state index < -0.39 is 23.5 Å². The number of carbonyl (C=O) groups excluding carboxylic acids is 1. The van der Waals surface area contributed by atoms with Crippen molar-refractivity contribution in [2.45, 2.75) is 31.7 Å². The summed E-state index contributed by atoms with van der Waals surface area (Å²) in [6.07, 6.45) is 3.65. The van der Waals surface area contributed by atoms with Gasteiger partial charge in [-0.05, 0) is 42.9 Å². The molecule has 1 aromatic carbocycles. The van der Waals surface area contributed by atoms with Crippen molar-refractivity contribution in [2.75, 3.05) is 0 Å². The van der Waals surface area contributed by atoms with Gasteiger partial charge in [-0.3, -0.25) is 9.59 Å². The van der Waals surface area contributed by atoms with Crippen molar-refractivity contribution in [3.63, 3.8) is 0 Å². The number of fused-ring (bicyclic) bond motifs is 1. The lowest BCUT2D eigenvalue weighted by Crippen LogP contribution is -2.37. The number of nitrogens with one attached hydrogen (secondary N) is 2. The van der Waals surface area contributed by atoms with Crippen LogP contribution in [0.15, 0.2) is 41.2 Å². The summed E-state index contributed by atoms with van der Waals surface area (Å²) in [5.74, 6) is -1.86. The first-order valence-electron chi connectivity index (χ1n) is 7.90. The number of carboxylic acids is 1. The number of aromatic amines is 1. The molecule has 1 atom stereocenters. The molecule has 1 aliphatic rings. The second kappa shape index (κ2) is 6.70. The summed E-state index contributed by atoms with van der Waals surface area (Å²) < 4.78 is 0. The highest BCUT2D eigenvalue weighted by atomic mass is 16.4. The van der Waals surface area contributed by atoms with Crippen LogP contribution in [0.25, 0.3) is 0 Å². The van der Waals surface area contributed by atoms with Crippen LogP contribution >= 0.6 is 0 Å². The maximum Gasteiger partial charge on any atom is 0.330 e. The quantitative estimate of drug-likeness (QED) is 0.798. The van der Waals surface area contributed by atoms with E-state index in [0.717, 1.165) is 36.9 Å². The van der Waals surface area contributed by atoms with E-state index in [0.29, 0.717) is 5.56 Å². The summed E-state index contributed by atoms with van der Waals surface area (Å²) in [5.41, 5.74) is 1.76. The maximum atomic E-state index is 12.4. The minimum atomic E-state index is -1.20. The van der Waals surface area contributed by atoms with E-state index in [2.05, 4.69) is 10.3 Å². The molecule has 1 amide bonds. The van der Waals surface area contributed by atoms with Crippen molar-refractivity contribution in [1.29, 1.82) is 0 Å². The Balaban J connectivity index is 1.88. The minimum Gasteiger partial charge on any atom is -0.479 e. The van der Waals surface area contributed by atoms with Crippen LogP contribution in [0.5, 0.6) is 0 Å². The third kappa shape index (κ3) is 3.22. The number of hydrogen-bond donors (Lipinski definition) is 3. The number of aliphatic carboxylic acids is 1. The molecule has 0 fully saturated rings. The number of aromatic nitrogens is 1. The minimum absolute atomic E-state index is 0.0437. The van der Waals surface area contributed by atoms with Crippen molar-refractivity contribution in [3.8, 4) is 0 Å². The van der Waals surface area contributed by atoms with Gasteiger partial charge < -0.3 is 15.4 Å². The molecule has 3 N–H and O–H groups in total. The molecule has 6 nitrogen and oxygen atoms in total. The number of hydrogen-bond acceptors (Lipinski definition) is 3. The van der Waals surface area contributed by atoms with Gasteiger partial charge in [0.05, 0.1) is 0 Å². The molecular weight excluding hydrogens is 308 g/mol. The van der Waals surface area contributed by atoms with Gasteiger partial charge in [-0.2, -0.15) is 0 Å². The van der Waals surface area contributed by atoms with Crippen LogP contribution in [-0.4, -0.2) is 22.0 Å². The summed E-state index contributed by atoms with van der Waals surface area (Å²) in [6.45, 7) is 0. The summed E-state index contributed by atoms with van der Waals surface area (Å²) in [5, 5.41) is 11.8. The molecule has 6 heteroatoms. The summed E-state index contributed by atoms with van der Waals surface area (Å²) in [4.78, 5) is 38.8. The number of carboxylic acid groups (broad SMARTS) is 1. The van der Waals surface area contributed by atoms with E-state index in [1.54, 1.807) is 36.4 Å². The number of benzene rings is 1. The lowest BCUT2D eigenvalue weighted by atomic mass is 9.95. The molecule has 0 unspecified atom stereocenters. The highest BCUT2D eigenvalue weighted by Gasteiger charge is 2.24. The molecule has 1 aromatic heterocycles. The highest BCUT2D eigenvalue weighted by molar-refractivity contribution is 5.96. The fraction of sp³-hybridized carbons (Fsp3) is 0.278. The first-order valence-corrected chi connectivity index (χ1v) is 7.90. The van der Waals surface area contributed by atoms with Gasteiger partial charge in [0.1, 0.15) is 5.56 Å². The van der Waals surface area contributed by atoms with Crippen molar-refractivity contribution in [2.24, 2.45) is 0 Å². The average molecular weight is 326 g/mol. The Morgan fingerprint density at radius 3 is 2.54 bits per heavy atom. The van der Waals surface area contributed by atoms with Crippen LogP contribution in [0.4, 0.5) is 0 Å². The Morgan fingerprint density at radius 2 is 1.83 bits per heavy atom. The van der Waals surface area contributed by atoms with E-state index in [1.807, 2.05) is 0 Å². The molecule has 24 heavy (non-hydrogen) atoms. The number of rotatable bonds is 4. The SMILES string of the molecule is O=C(N[C@H](C(=O)O)c1ccccc1)c1cc2c([nH]c1=O)CCCC2. The van der Waals surface area contributed by atoms with Crippen molar-refractivity contribution >= 4 is 11.9 Å². The van der Waals surface area contributed by atoms with Gasteiger partial charge in [-0.1, -0.05) is 30.3 Å². The molecule has 124 valence electrons. The Morgan fingerprint density at radius 1 is 1.12 bits per heavy atom. The van der Waals surface area contributed by atoms with Crippen molar-refractivity contribution in [3.05, 3.63) is 69.1 Å². The molecule has 0 spiro atoms. The van der Waals surface area contributed by atoms with E-state index in [-0.39, 0.29) is 5.56 Å². The summed E-state index contributed by atoms with van der Waals surface area (Å²) >= 11 is 0. The number of amides is 1. The van der Waals surface area contributed by atoms with Crippen LogP contribution in [0.2, 0.25) is 0 Å². The first kappa shape index (κ1) is 16.0. The molecule has 2 aromatic rings. The van der Waals surface area contributed by atoms with Gasteiger partial charge in [0.25, 0.3) is 11.5 Å². The monoisotopic (exact) mass is 326 g/mol. The third-order valence-corrected chi connectivity index (χ3v) is 4.24. The molecule has 1 aliphatic carbocycles. The van der Waals surface area contributed by atoms with Crippen molar-refractivity contribution < 1.29 is 14.7 Å². The van der Waals surface area contributed by atoms with Gasteiger partial charge in [-0.25, -0.2) is 4.79 Å². The van der Waals surface area contributed by atoms with Crippen LogP contribution in [0.3, 0.4) is 0 Å². The highest BCUT2D eigenvalue weighted by Crippen LogP contribution is 2.19. The predicted molar refractivity (Wildman–Crippen MR) is 88.0 cm³/mol. The fourth-order valence-electron chi connectivity index (χ4n) is 2.99. The molecule has 0 bridgehead atoms. The van der Waals surface area contributed by atoms with Crippen LogP contribution in [0.1, 0.15) is 46.1 Å². The Labute approximate surface area is 138 Å². The Bertz CT molecular complexity index is 827. The van der Waals surface area contributed by atoms with Gasteiger partial charge in [-0.15, -0.1) is 0 Å². The molecular formula is C18H18N2O4. The van der Waals surface area contributed by atoms with Gasteiger partial charge in [0.2, 0.25) is 0 Å². The zero-order valence-electron chi connectivity index (χ0n) is 13.0. The number of aryl methyl sites for hydroxylation is 2. The average Bonchev–Trinajstić information content (AvgIpc) is 2.59. The van der Waals surface area contributed by atoms with Crippen LogP contribution in [0, 0.1) is 0 Å². The third-order valence-electron chi connectivity index (χ3n) is 4.24. The Kier molecular flexibility index (Phi) is 4.46. The second-order valence-electron chi connectivity index (χ2n) is 5.88. The normalized spacial score (nSPS) is 14.5. The van der Waals surface area contributed by atoms with E-state index >= 15 is 0 Å². The van der Waals surface area contributed by atoms with Crippen LogP contribution in [-0.2, 0) is 17.6 Å². The molecule has 0 radical (unpaired) electrons. The summed E-state index contributed by atoms with van der Waals surface area (Å²) in [7, 11) is 0. The predicted octanol–water partition coefficient (Wildman–Crippen LogP) is 1.81. The number of H-pyrrole nitrogens is 1. The molecule has 0 saturated heterocycles. The van der Waals surface area contributed by atoms with Gasteiger partial charge in [0, 0.05) is 5.69 Å². The Hall–Kier alpha value is -2.89. The maximum absolute atomic E-state index is 12.4. The van der Waals surface area contributed by atoms with Crippen molar-refractivity contribution in [1.82, 2.24) is 10.3 Å². The topological polar surface area (TPSA) is 99.3 Å². The lowest BCUT2D eigenvalue weighted by molar-refractivity contribution is -0.139. The fourth-order valence-corrected chi connectivity index (χ4v) is 2.99. The van der Waals surface area contributed by atoms with Gasteiger partial charge in [0.15, 0.2) is 6.04 Å². The van der Waals surface area contributed by atoms with E-state index in [4.69, 9.17) is 0 Å². The molecule has 0 saturated carbocycles. The zero-order chi connectivity index (χ0) is 17.1. The molecule has 0 aliphatic heterocycles. The van der Waals surface area contributed by atoms with E-state index in [9.17, 15) is 19.5 Å². The number of pyridine rings is 1. The van der Waals surface area contributed by atoms with Gasteiger partial charge >= 0.3 is 5.97 Å². The molecule has 1 heterocycles. The number of carbonyl (C=O) groups is 2. The zero-order valence-corrected chi connectivity index (χ0v) is 13.0. The largest absolute Gasteiger partial charge is 0.479 e. The lowest BCUT2D eigenvalue weighted by Gasteiger charge is -2.17. The standard InChI is InChI=1S/C18H18N2O4/c21-16-13(10-12-8-4-5-9-14(12)19-16)17(22)20-15(18(23)24)11-6-2-1-3-7-11/h1-3,6-7,10,15H,4-5,8-9H2,(H,19,21)(H,20,22)(H,23,24)/t15-/m0/s1. The van der Waals surface area contributed by atoms with Crippen LogP contribution < -0.4 is 10.9 Å².